The average molecular weight is 418 g/mol. The normalized spacial score (nSPS) is 15.9. The molecule has 0 unspecified atom stereocenters. The third-order valence-electron chi connectivity index (χ3n) is 5.71. The van der Waals surface area contributed by atoms with Crippen LogP contribution in [0.5, 0.6) is 0 Å². The second-order valence-electron chi connectivity index (χ2n) is 8.01. The Balaban J connectivity index is 1.58. The molecule has 3 rings (SSSR count). The third-order valence-corrected chi connectivity index (χ3v) is 5.71. The number of fused-ring (bicyclic) bond motifs is 1. The number of carboxylic acids is 1. The molecule has 0 aromatic heterocycles. The van der Waals surface area contributed by atoms with E-state index in [0.717, 1.165) is 13.0 Å². The highest BCUT2D eigenvalue weighted by molar-refractivity contribution is 5.88. The predicted molar refractivity (Wildman–Crippen MR) is 129 cm³/mol. The summed E-state index contributed by atoms with van der Waals surface area (Å²) in [6.07, 6.45) is 8.10. The molecule has 0 saturated carbocycles. The Kier molecular flexibility index (Phi) is 7.79. The van der Waals surface area contributed by atoms with E-state index in [1.54, 1.807) is 6.21 Å². The molecule has 1 aliphatic rings. The van der Waals surface area contributed by atoms with Gasteiger partial charge in [0, 0.05) is 43.9 Å². The van der Waals surface area contributed by atoms with Gasteiger partial charge in [0.2, 0.25) is 0 Å². The van der Waals surface area contributed by atoms with Gasteiger partial charge in [-0.1, -0.05) is 24.8 Å². The molecule has 5 nitrogen and oxygen atoms in total. The smallest absolute Gasteiger partial charge is 0.335 e. The fourth-order valence-corrected chi connectivity index (χ4v) is 3.95. The largest absolute Gasteiger partial charge is 0.478 e. The van der Waals surface area contributed by atoms with Crippen LogP contribution in [0.1, 0.15) is 35.4 Å². The van der Waals surface area contributed by atoms with Crippen molar-refractivity contribution in [2.45, 2.75) is 32.1 Å². The summed E-state index contributed by atoms with van der Waals surface area (Å²) in [5, 5.41) is 12.2. The van der Waals surface area contributed by atoms with Gasteiger partial charge in [-0.25, -0.2) is 4.79 Å². The number of benzene rings is 2. The quantitative estimate of drug-likeness (QED) is 0.261. The Morgan fingerprint density at radius 2 is 2.10 bits per heavy atom. The van der Waals surface area contributed by atoms with E-state index in [1.807, 2.05) is 0 Å². The van der Waals surface area contributed by atoms with E-state index in [2.05, 4.69) is 78.2 Å². The zero-order valence-corrected chi connectivity index (χ0v) is 18.3. The number of aliphatic imine (C=N–C) groups is 1. The Labute approximate surface area is 184 Å². The molecule has 0 fully saturated rings. The van der Waals surface area contributed by atoms with Crippen molar-refractivity contribution in [3.63, 3.8) is 0 Å². The van der Waals surface area contributed by atoms with E-state index in [1.165, 1.54) is 53.2 Å². The molecule has 0 amide bonds. The summed E-state index contributed by atoms with van der Waals surface area (Å²) in [6.45, 7) is 7.09. The Morgan fingerprint density at radius 1 is 1.29 bits per heavy atom. The van der Waals surface area contributed by atoms with Crippen LogP contribution >= 0.6 is 0 Å². The molecule has 5 heteroatoms. The maximum absolute atomic E-state index is 10.7. The summed E-state index contributed by atoms with van der Waals surface area (Å²) in [5.41, 5.74) is 6.60. The van der Waals surface area contributed by atoms with Crippen LogP contribution in [0, 0.1) is 6.92 Å². The molecule has 0 heterocycles. The fourth-order valence-electron chi connectivity index (χ4n) is 3.95. The number of nitrogens with one attached hydrogen (secondary N) is 1. The lowest BCUT2D eigenvalue weighted by molar-refractivity contribution is -0.132. The summed E-state index contributed by atoms with van der Waals surface area (Å²) >= 11 is 0. The minimum Gasteiger partial charge on any atom is -0.478 e. The molecule has 0 bridgehead atoms. The van der Waals surface area contributed by atoms with Gasteiger partial charge in [0.1, 0.15) is 0 Å². The third kappa shape index (κ3) is 6.15. The molecular formula is C26H31N3O2. The van der Waals surface area contributed by atoms with Crippen molar-refractivity contribution in [1.29, 1.82) is 0 Å². The lowest BCUT2D eigenvalue weighted by atomic mass is 9.82. The van der Waals surface area contributed by atoms with Crippen molar-refractivity contribution in [2.24, 2.45) is 4.99 Å². The van der Waals surface area contributed by atoms with Gasteiger partial charge < -0.3 is 15.3 Å². The zero-order chi connectivity index (χ0) is 22.2. The van der Waals surface area contributed by atoms with Gasteiger partial charge in [0.15, 0.2) is 0 Å². The minimum atomic E-state index is -1.03. The number of carboxylic acid groups (broad SMARTS) is 1. The predicted octanol–water partition coefficient (Wildman–Crippen LogP) is 5.00. The summed E-state index contributed by atoms with van der Waals surface area (Å²) in [6, 6.07) is 15.4. The van der Waals surface area contributed by atoms with Crippen molar-refractivity contribution in [3.05, 3.63) is 83.6 Å². The molecule has 1 aliphatic carbocycles. The zero-order valence-electron chi connectivity index (χ0n) is 18.3. The first-order chi connectivity index (χ1) is 15.0. The molecule has 0 saturated heterocycles. The van der Waals surface area contributed by atoms with Gasteiger partial charge >= 0.3 is 5.97 Å². The summed E-state index contributed by atoms with van der Waals surface area (Å²) in [4.78, 5) is 17.0. The SMILES string of the molecule is C=C(/C=C\N=C/CNC[C@@H]1CCCc2cc(N(C)c3cccc(C)c3)ccc21)C(=O)O. The average Bonchev–Trinajstić information content (AvgIpc) is 2.77. The monoisotopic (exact) mass is 417 g/mol. The molecule has 31 heavy (non-hydrogen) atoms. The summed E-state index contributed by atoms with van der Waals surface area (Å²) in [7, 11) is 2.12. The molecule has 0 aliphatic heterocycles. The van der Waals surface area contributed by atoms with Gasteiger partial charge in [-0.15, -0.1) is 0 Å². The fraction of sp³-hybridized carbons (Fsp3) is 0.308. The Bertz CT molecular complexity index is 994. The number of aryl methyl sites for hydroxylation is 2. The number of rotatable bonds is 9. The van der Waals surface area contributed by atoms with E-state index < -0.39 is 5.97 Å². The standard InChI is InChI=1S/C26H31N3O2/c1-19-6-4-9-23(16-19)29(3)24-10-11-25-21(17-24)7-5-8-22(25)18-28-15-14-27-13-12-20(2)26(30)31/h4,6,9-14,16-17,22,28H,2,5,7-8,15,18H2,1,3H3,(H,30,31)/b13-12-,27-14-/t22-/m0/s1. The van der Waals surface area contributed by atoms with E-state index in [0.29, 0.717) is 12.5 Å². The van der Waals surface area contributed by atoms with E-state index in [4.69, 9.17) is 5.11 Å². The molecule has 0 radical (unpaired) electrons. The van der Waals surface area contributed by atoms with Crippen molar-refractivity contribution in [3.8, 4) is 0 Å². The number of aliphatic carboxylic acids is 1. The number of hydrogen-bond acceptors (Lipinski definition) is 4. The molecule has 1 atom stereocenters. The van der Waals surface area contributed by atoms with Gasteiger partial charge in [0.25, 0.3) is 0 Å². The first kappa shape index (κ1) is 22.5. The van der Waals surface area contributed by atoms with Gasteiger partial charge in [0.05, 0.1) is 5.57 Å². The van der Waals surface area contributed by atoms with Crippen LogP contribution in [-0.2, 0) is 11.2 Å². The van der Waals surface area contributed by atoms with E-state index in [9.17, 15) is 4.79 Å². The number of anilines is 2. The first-order valence-electron chi connectivity index (χ1n) is 10.7. The molecule has 2 aromatic rings. The van der Waals surface area contributed by atoms with Crippen LogP contribution in [0.15, 0.2) is 71.9 Å². The van der Waals surface area contributed by atoms with Crippen molar-refractivity contribution in [2.75, 3.05) is 25.0 Å². The highest BCUT2D eigenvalue weighted by Crippen LogP contribution is 2.35. The second-order valence-corrected chi connectivity index (χ2v) is 8.01. The lowest BCUT2D eigenvalue weighted by Gasteiger charge is -2.28. The van der Waals surface area contributed by atoms with Crippen LogP contribution < -0.4 is 10.2 Å². The van der Waals surface area contributed by atoms with Crippen LogP contribution in [0.4, 0.5) is 11.4 Å². The highest BCUT2D eigenvalue weighted by Gasteiger charge is 2.20. The van der Waals surface area contributed by atoms with Crippen LogP contribution in [0.25, 0.3) is 0 Å². The van der Waals surface area contributed by atoms with Crippen molar-refractivity contribution >= 4 is 23.6 Å². The van der Waals surface area contributed by atoms with Crippen molar-refractivity contribution in [1.82, 2.24) is 5.32 Å². The molecule has 2 aromatic carbocycles. The highest BCUT2D eigenvalue weighted by atomic mass is 16.4. The van der Waals surface area contributed by atoms with Gasteiger partial charge in [-0.2, -0.15) is 0 Å². The van der Waals surface area contributed by atoms with Crippen LogP contribution in [-0.4, -0.2) is 37.4 Å². The van der Waals surface area contributed by atoms with Gasteiger partial charge in [-0.05, 0) is 79.1 Å². The van der Waals surface area contributed by atoms with Crippen LogP contribution in [0.3, 0.4) is 0 Å². The number of carbonyl (C=O) groups is 1. The first-order valence-corrected chi connectivity index (χ1v) is 10.7. The lowest BCUT2D eigenvalue weighted by Crippen LogP contribution is -2.26. The van der Waals surface area contributed by atoms with E-state index in [-0.39, 0.29) is 5.57 Å². The van der Waals surface area contributed by atoms with Crippen LogP contribution in [0.2, 0.25) is 0 Å². The maximum atomic E-state index is 10.7. The number of nitrogens with zero attached hydrogens (tertiary/aromatic N) is 2. The van der Waals surface area contributed by atoms with E-state index >= 15 is 0 Å². The maximum Gasteiger partial charge on any atom is 0.335 e. The molecular weight excluding hydrogens is 386 g/mol. The topological polar surface area (TPSA) is 64.9 Å². The summed E-state index contributed by atoms with van der Waals surface area (Å²) in [5.74, 6) is -0.536. The van der Waals surface area contributed by atoms with Gasteiger partial charge in [-0.3, -0.25) is 4.99 Å². The van der Waals surface area contributed by atoms with Crippen molar-refractivity contribution < 1.29 is 9.90 Å². The number of hydrogen-bond donors (Lipinski definition) is 2. The summed E-state index contributed by atoms with van der Waals surface area (Å²) < 4.78 is 0. The molecule has 2 N–H and O–H groups in total. The second kappa shape index (κ2) is 10.7. The Hall–Kier alpha value is -3.18. The Morgan fingerprint density at radius 3 is 2.87 bits per heavy atom. The minimum absolute atomic E-state index is 0.0244. The molecule has 0 spiro atoms. The molecule has 162 valence electrons.